The molecular formula is C13H26N2O4. The van der Waals surface area contributed by atoms with E-state index in [2.05, 4.69) is 10.6 Å². The van der Waals surface area contributed by atoms with Crippen molar-refractivity contribution < 1.29 is 19.1 Å². The Kier molecular flexibility index (Phi) is 12.5. The van der Waals surface area contributed by atoms with Gasteiger partial charge in [0.1, 0.15) is 0 Å². The molecule has 0 rings (SSSR count). The Hall–Kier alpha value is -1.14. The molecule has 0 aromatic rings. The van der Waals surface area contributed by atoms with Crippen LogP contribution in [0.4, 0.5) is 0 Å². The molecule has 0 bridgehead atoms. The molecule has 2 N–H and O–H groups in total. The molecule has 0 fully saturated rings. The second-order valence-electron chi connectivity index (χ2n) is 4.25. The highest BCUT2D eigenvalue weighted by Gasteiger charge is 2.02. The number of carbonyl (C=O) groups excluding carboxylic acids is 2. The van der Waals surface area contributed by atoms with Crippen molar-refractivity contribution in [1.29, 1.82) is 0 Å². The highest BCUT2D eigenvalue weighted by Crippen LogP contribution is 2.02. The second kappa shape index (κ2) is 13.3. The molecule has 0 aliphatic rings. The molecule has 0 saturated carbocycles. The molecule has 112 valence electrons. The Labute approximate surface area is 115 Å². The Balaban J connectivity index is 3.29. The van der Waals surface area contributed by atoms with E-state index in [0.29, 0.717) is 39.1 Å². The SMILES string of the molecule is COCCNC(=O)CCCCCC(=O)NCCOC. The summed E-state index contributed by atoms with van der Waals surface area (Å²) in [5.41, 5.74) is 0. The zero-order chi connectivity index (χ0) is 14.3. The van der Waals surface area contributed by atoms with Crippen molar-refractivity contribution in [1.82, 2.24) is 10.6 Å². The summed E-state index contributed by atoms with van der Waals surface area (Å²) in [6, 6.07) is 0. The molecule has 0 spiro atoms. The van der Waals surface area contributed by atoms with Gasteiger partial charge in [0.25, 0.3) is 0 Å². The number of unbranched alkanes of at least 4 members (excludes halogenated alkanes) is 2. The van der Waals surface area contributed by atoms with E-state index in [1.54, 1.807) is 14.2 Å². The molecule has 0 aromatic heterocycles. The van der Waals surface area contributed by atoms with Gasteiger partial charge < -0.3 is 20.1 Å². The van der Waals surface area contributed by atoms with Crippen LogP contribution in [0.5, 0.6) is 0 Å². The lowest BCUT2D eigenvalue weighted by atomic mass is 10.1. The summed E-state index contributed by atoms with van der Waals surface area (Å²) in [7, 11) is 3.20. The topological polar surface area (TPSA) is 76.7 Å². The number of methoxy groups -OCH3 is 2. The van der Waals surface area contributed by atoms with Gasteiger partial charge in [0.15, 0.2) is 0 Å². The van der Waals surface area contributed by atoms with Crippen LogP contribution >= 0.6 is 0 Å². The lowest BCUT2D eigenvalue weighted by Gasteiger charge is -2.05. The van der Waals surface area contributed by atoms with Crippen LogP contribution in [0, 0.1) is 0 Å². The van der Waals surface area contributed by atoms with Crippen LogP contribution < -0.4 is 10.6 Å². The summed E-state index contributed by atoms with van der Waals surface area (Å²) in [5, 5.41) is 5.52. The van der Waals surface area contributed by atoms with E-state index >= 15 is 0 Å². The molecule has 0 heterocycles. The molecule has 19 heavy (non-hydrogen) atoms. The van der Waals surface area contributed by atoms with E-state index in [-0.39, 0.29) is 11.8 Å². The predicted octanol–water partition coefficient (Wildman–Crippen LogP) is 0.462. The van der Waals surface area contributed by atoms with Crippen molar-refractivity contribution in [3.8, 4) is 0 Å². The molecule has 0 aromatic carbocycles. The molecule has 0 radical (unpaired) electrons. The fraction of sp³-hybridized carbons (Fsp3) is 0.846. The van der Waals surface area contributed by atoms with Gasteiger partial charge in [0.2, 0.25) is 11.8 Å². The van der Waals surface area contributed by atoms with E-state index < -0.39 is 0 Å². The van der Waals surface area contributed by atoms with Crippen molar-refractivity contribution in [2.75, 3.05) is 40.5 Å². The maximum absolute atomic E-state index is 11.3. The maximum Gasteiger partial charge on any atom is 0.220 e. The van der Waals surface area contributed by atoms with E-state index in [1.807, 2.05) is 0 Å². The van der Waals surface area contributed by atoms with Gasteiger partial charge >= 0.3 is 0 Å². The number of carbonyl (C=O) groups is 2. The average molecular weight is 274 g/mol. The van der Waals surface area contributed by atoms with Crippen molar-refractivity contribution >= 4 is 11.8 Å². The van der Waals surface area contributed by atoms with Gasteiger partial charge in [-0.3, -0.25) is 9.59 Å². The van der Waals surface area contributed by atoms with Crippen molar-refractivity contribution in [2.24, 2.45) is 0 Å². The van der Waals surface area contributed by atoms with Crippen LogP contribution in [0.3, 0.4) is 0 Å². The third-order valence-electron chi connectivity index (χ3n) is 2.56. The van der Waals surface area contributed by atoms with Crippen molar-refractivity contribution in [3.05, 3.63) is 0 Å². The monoisotopic (exact) mass is 274 g/mol. The minimum Gasteiger partial charge on any atom is -0.383 e. The maximum atomic E-state index is 11.3. The number of hydrogen-bond acceptors (Lipinski definition) is 4. The quantitative estimate of drug-likeness (QED) is 0.507. The van der Waals surface area contributed by atoms with E-state index in [9.17, 15) is 9.59 Å². The van der Waals surface area contributed by atoms with E-state index in [1.165, 1.54) is 0 Å². The number of ether oxygens (including phenoxy) is 2. The van der Waals surface area contributed by atoms with Crippen LogP contribution in [-0.2, 0) is 19.1 Å². The lowest BCUT2D eigenvalue weighted by Crippen LogP contribution is -2.27. The van der Waals surface area contributed by atoms with E-state index in [4.69, 9.17) is 9.47 Å². The zero-order valence-electron chi connectivity index (χ0n) is 12.0. The molecule has 6 nitrogen and oxygen atoms in total. The first-order valence-electron chi connectivity index (χ1n) is 6.72. The number of amides is 2. The van der Waals surface area contributed by atoms with Crippen LogP contribution in [0.15, 0.2) is 0 Å². The average Bonchev–Trinajstić information content (AvgIpc) is 2.39. The number of nitrogens with one attached hydrogen (secondary N) is 2. The minimum atomic E-state index is 0.0431. The summed E-state index contributed by atoms with van der Waals surface area (Å²) in [5.74, 6) is 0.0863. The molecular weight excluding hydrogens is 248 g/mol. The first-order chi connectivity index (χ1) is 9.20. The summed E-state index contributed by atoms with van der Waals surface area (Å²) in [6.07, 6.45) is 3.52. The summed E-state index contributed by atoms with van der Waals surface area (Å²) < 4.78 is 9.67. The van der Waals surface area contributed by atoms with Gasteiger partial charge in [-0.25, -0.2) is 0 Å². The number of rotatable bonds is 12. The van der Waals surface area contributed by atoms with Crippen molar-refractivity contribution in [2.45, 2.75) is 32.1 Å². The Morgan fingerprint density at radius 1 is 0.789 bits per heavy atom. The smallest absolute Gasteiger partial charge is 0.220 e. The molecule has 0 unspecified atom stereocenters. The Morgan fingerprint density at radius 3 is 1.58 bits per heavy atom. The highest BCUT2D eigenvalue weighted by molar-refractivity contribution is 5.76. The second-order valence-corrected chi connectivity index (χ2v) is 4.25. The first-order valence-corrected chi connectivity index (χ1v) is 6.72. The normalized spacial score (nSPS) is 10.2. The van der Waals surface area contributed by atoms with Crippen LogP contribution in [0.2, 0.25) is 0 Å². The molecule has 6 heteroatoms. The third-order valence-corrected chi connectivity index (χ3v) is 2.56. The van der Waals surface area contributed by atoms with Gasteiger partial charge in [-0.2, -0.15) is 0 Å². The number of hydrogen-bond donors (Lipinski definition) is 2. The zero-order valence-corrected chi connectivity index (χ0v) is 12.0. The molecule has 0 aliphatic carbocycles. The summed E-state index contributed by atoms with van der Waals surface area (Å²) in [6.45, 7) is 2.18. The summed E-state index contributed by atoms with van der Waals surface area (Å²) >= 11 is 0. The van der Waals surface area contributed by atoms with Gasteiger partial charge in [-0.05, 0) is 12.8 Å². The largest absolute Gasteiger partial charge is 0.383 e. The van der Waals surface area contributed by atoms with E-state index in [0.717, 1.165) is 19.3 Å². The first kappa shape index (κ1) is 17.9. The van der Waals surface area contributed by atoms with Gasteiger partial charge in [-0.1, -0.05) is 6.42 Å². The van der Waals surface area contributed by atoms with Gasteiger partial charge in [-0.15, -0.1) is 0 Å². The molecule has 0 saturated heterocycles. The Bertz CT molecular complexity index is 223. The molecule has 0 aliphatic heterocycles. The van der Waals surface area contributed by atoms with Crippen molar-refractivity contribution in [3.63, 3.8) is 0 Å². The van der Waals surface area contributed by atoms with Gasteiger partial charge in [0, 0.05) is 40.2 Å². The standard InChI is InChI=1S/C13H26N2O4/c1-18-10-8-14-12(16)6-4-3-5-7-13(17)15-9-11-19-2/h3-11H2,1-2H3,(H,14,16)(H,15,17). The van der Waals surface area contributed by atoms with Crippen LogP contribution in [-0.4, -0.2) is 52.3 Å². The molecule has 2 amide bonds. The fourth-order valence-electron chi connectivity index (χ4n) is 1.51. The third kappa shape index (κ3) is 13.1. The van der Waals surface area contributed by atoms with Crippen LogP contribution in [0.25, 0.3) is 0 Å². The highest BCUT2D eigenvalue weighted by atomic mass is 16.5. The fourth-order valence-corrected chi connectivity index (χ4v) is 1.51. The lowest BCUT2D eigenvalue weighted by molar-refractivity contribution is -0.121. The predicted molar refractivity (Wildman–Crippen MR) is 72.9 cm³/mol. The minimum absolute atomic E-state index is 0.0431. The van der Waals surface area contributed by atoms with Gasteiger partial charge in [0.05, 0.1) is 13.2 Å². The Morgan fingerprint density at radius 2 is 1.21 bits per heavy atom. The van der Waals surface area contributed by atoms with Crippen LogP contribution in [0.1, 0.15) is 32.1 Å². The summed E-state index contributed by atoms with van der Waals surface area (Å²) in [4.78, 5) is 22.7. The molecule has 0 atom stereocenters.